The van der Waals surface area contributed by atoms with Gasteiger partial charge in [0.1, 0.15) is 0 Å². The first kappa shape index (κ1) is 12.8. The molecule has 19 heavy (non-hydrogen) atoms. The van der Waals surface area contributed by atoms with Gasteiger partial charge in [-0.3, -0.25) is 4.98 Å². The Bertz CT molecular complexity index is 445. The third-order valence-corrected chi connectivity index (χ3v) is 4.63. The monoisotopic (exact) mass is 258 g/mol. The molecular formula is C16H22N2O. The van der Waals surface area contributed by atoms with Crippen molar-refractivity contribution in [3.8, 4) is 0 Å². The maximum absolute atomic E-state index is 6.12. The van der Waals surface area contributed by atoms with Gasteiger partial charge < -0.3 is 10.5 Å². The zero-order valence-corrected chi connectivity index (χ0v) is 11.3. The van der Waals surface area contributed by atoms with Gasteiger partial charge in [-0.25, -0.2) is 0 Å². The topological polar surface area (TPSA) is 48.1 Å². The fourth-order valence-corrected chi connectivity index (χ4v) is 3.67. The Labute approximate surface area is 114 Å². The first-order chi connectivity index (χ1) is 9.29. The Morgan fingerprint density at radius 3 is 2.79 bits per heavy atom. The van der Waals surface area contributed by atoms with Gasteiger partial charge in [-0.1, -0.05) is 18.2 Å². The number of aromatic nitrogens is 1. The van der Waals surface area contributed by atoms with Crippen LogP contribution in [-0.2, 0) is 10.2 Å². The molecule has 0 aromatic carbocycles. The quantitative estimate of drug-likeness (QED) is 0.848. The molecule has 1 saturated heterocycles. The van der Waals surface area contributed by atoms with Crippen LogP contribution >= 0.6 is 0 Å². The van der Waals surface area contributed by atoms with Crippen LogP contribution in [0.2, 0.25) is 0 Å². The molecule has 2 aliphatic rings. The zero-order valence-electron chi connectivity index (χ0n) is 11.3. The highest BCUT2D eigenvalue weighted by molar-refractivity contribution is 5.22. The second kappa shape index (κ2) is 5.06. The third kappa shape index (κ3) is 2.33. The second-order valence-corrected chi connectivity index (χ2v) is 5.87. The average molecular weight is 258 g/mol. The summed E-state index contributed by atoms with van der Waals surface area (Å²) < 4.78 is 6.12. The van der Waals surface area contributed by atoms with Gasteiger partial charge in [-0.15, -0.1) is 0 Å². The normalized spacial score (nSPS) is 28.9. The van der Waals surface area contributed by atoms with Crippen molar-refractivity contribution in [1.29, 1.82) is 0 Å². The molecule has 1 aliphatic carbocycles. The van der Waals surface area contributed by atoms with E-state index in [4.69, 9.17) is 10.5 Å². The van der Waals surface area contributed by atoms with Crippen molar-refractivity contribution in [1.82, 2.24) is 4.98 Å². The fourth-order valence-electron chi connectivity index (χ4n) is 3.67. The van der Waals surface area contributed by atoms with Gasteiger partial charge in [0.15, 0.2) is 0 Å². The smallest absolute Gasteiger partial charge is 0.0760 e. The summed E-state index contributed by atoms with van der Waals surface area (Å²) in [6.07, 6.45) is 11.5. The molecule has 3 nitrogen and oxygen atoms in total. The van der Waals surface area contributed by atoms with E-state index in [0.29, 0.717) is 6.54 Å². The lowest BCUT2D eigenvalue weighted by atomic mass is 9.68. The Morgan fingerprint density at radius 2 is 2.11 bits per heavy atom. The van der Waals surface area contributed by atoms with E-state index in [1.54, 1.807) is 0 Å². The molecule has 3 heteroatoms. The lowest BCUT2D eigenvalue weighted by molar-refractivity contribution is -0.100. The summed E-state index contributed by atoms with van der Waals surface area (Å²) in [5.41, 5.74) is 7.18. The number of nitrogens with zero attached hydrogens (tertiary/aromatic N) is 1. The van der Waals surface area contributed by atoms with Crippen LogP contribution in [0, 0.1) is 0 Å². The molecule has 1 unspecified atom stereocenters. The molecule has 2 heterocycles. The molecule has 1 spiro atoms. The van der Waals surface area contributed by atoms with E-state index in [0.717, 1.165) is 38.7 Å². The first-order valence-corrected chi connectivity index (χ1v) is 7.19. The largest absolute Gasteiger partial charge is 0.374 e. The molecule has 1 fully saturated rings. The number of rotatable bonds is 3. The van der Waals surface area contributed by atoms with E-state index in [9.17, 15) is 0 Å². The molecule has 2 N–H and O–H groups in total. The molecule has 0 bridgehead atoms. The van der Waals surface area contributed by atoms with Crippen LogP contribution in [0.15, 0.2) is 36.5 Å². The van der Waals surface area contributed by atoms with Gasteiger partial charge >= 0.3 is 0 Å². The number of hydrogen-bond donors (Lipinski definition) is 1. The molecular weight excluding hydrogens is 236 g/mol. The van der Waals surface area contributed by atoms with E-state index >= 15 is 0 Å². The Kier molecular flexibility index (Phi) is 3.42. The van der Waals surface area contributed by atoms with Crippen LogP contribution in [-0.4, -0.2) is 23.7 Å². The highest BCUT2D eigenvalue weighted by atomic mass is 16.5. The number of ether oxygens (including phenoxy) is 1. The van der Waals surface area contributed by atoms with Crippen LogP contribution in [0.3, 0.4) is 0 Å². The Hall–Kier alpha value is -1.19. The lowest BCUT2D eigenvalue weighted by Gasteiger charge is -2.46. The first-order valence-electron chi connectivity index (χ1n) is 7.19. The maximum Gasteiger partial charge on any atom is 0.0760 e. The summed E-state index contributed by atoms with van der Waals surface area (Å²) >= 11 is 0. The van der Waals surface area contributed by atoms with Crippen molar-refractivity contribution >= 4 is 0 Å². The molecule has 1 aliphatic heterocycles. The van der Waals surface area contributed by atoms with E-state index in [-0.39, 0.29) is 11.0 Å². The molecule has 0 amide bonds. The van der Waals surface area contributed by atoms with Crippen LogP contribution in [0.1, 0.15) is 37.8 Å². The lowest BCUT2D eigenvalue weighted by Crippen LogP contribution is -2.47. The molecule has 102 valence electrons. The van der Waals surface area contributed by atoms with Gasteiger partial charge in [-0.05, 0) is 50.8 Å². The minimum absolute atomic E-state index is 0.00490. The van der Waals surface area contributed by atoms with E-state index < -0.39 is 0 Å². The summed E-state index contributed by atoms with van der Waals surface area (Å²) in [5.74, 6) is 0. The summed E-state index contributed by atoms with van der Waals surface area (Å²) in [6, 6.07) is 6.21. The van der Waals surface area contributed by atoms with Crippen molar-refractivity contribution < 1.29 is 4.74 Å². The van der Waals surface area contributed by atoms with Crippen LogP contribution in [0.4, 0.5) is 0 Å². The maximum atomic E-state index is 6.12. The third-order valence-electron chi connectivity index (χ3n) is 4.63. The van der Waals surface area contributed by atoms with Gasteiger partial charge in [0.25, 0.3) is 0 Å². The van der Waals surface area contributed by atoms with Crippen LogP contribution < -0.4 is 5.73 Å². The summed E-state index contributed by atoms with van der Waals surface area (Å²) in [6.45, 7) is 1.53. The van der Waals surface area contributed by atoms with Crippen LogP contribution in [0.25, 0.3) is 0 Å². The van der Waals surface area contributed by atoms with Crippen molar-refractivity contribution in [3.05, 3.63) is 42.2 Å². The Balaban J connectivity index is 1.92. The van der Waals surface area contributed by atoms with Gasteiger partial charge in [0, 0.05) is 23.9 Å². The van der Waals surface area contributed by atoms with E-state index in [2.05, 4.69) is 29.3 Å². The summed E-state index contributed by atoms with van der Waals surface area (Å²) in [4.78, 5) is 4.62. The number of nitrogens with two attached hydrogens (primary N) is 1. The molecule has 0 radical (unpaired) electrons. The number of pyridine rings is 1. The second-order valence-electron chi connectivity index (χ2n) is 5.87. The average Bonchev–Trinajstić information content (AvgIpc) is 2.88. The molecule has 1 atom stereocenters. The van der Waals surface area contributed by atoms with Crippen molar-refractivity contribution in [3.63, 3.8) is 0 Å². The van der Waals surface area contributed by atoms with Gasteiger partial charge in [-0.2, -0.15) is 0 Å². The predicted octanol–water partition coefficient (Wildman–Crippen LogP) is 2.57. The Morgan fingerprint density at radius 1 is 1.26 bits per heavy atom. The zero-order chi connectivity index (χ0) is 13.2. The summed E-state index contributed by atoms with van der Waals surface area (Å²) in [5, 5.41) is 0. The standard InChI is InChI=1S/C16H22N2O/c17-10-8-15(14-5-1-4-11-18-14)9-12-19-16(13-15)6-2-3-7-16/h1-5,11H,6-10,12-13,17H2. The highest BCUT2D eigenvalue weighted by Crippen LogP contribution is 2.47. The fraction of sp³-hybridized carbons (Fsp3) is 0.562. The highest BCUT2D eigenvalue weighted by Gasteiger charge is 2.47. The minimum atomic E-state index is 0.00490. The van der Waals surface area contributed by atoms with Crippen molar-refractivity contribution in [2.45, 2.75) is 43.1 Å². The molecule has 1 aromatic rings. The van der Waals surface area contributed by atoms with Crippen molar-refractivity contribution in [2.24, 2.45) is 5.73 Å². The van der Waals surface area contributed by atoms with Gasteiger partial charge in [0.05, 0.1) is 5.60 Å². The van der Waals surface area contributed by atoms with Crippen LogP contribution in [0.5, 0.6) is 0 Å². The van der Waals surface area contributed by atoms with E-state index in [1.165, 1.54) is 5.69 Å². The molecule has 0 saturated carbocycles. The van der Waals surface area contributed by atoms with E-state index in [1.807, 2.05) is 12.3 Å². The molecule has 3 rings (SSSR count). The SMILES string of the molecule is NCCC1(c2ccccn2)CCOC2(CC=CC2)C1. The number of hydrogen-bond acceptors (Lipinski definition) is 3. The van der Waals surface area contributed by atoms with Gasteiger partial charge in [0.2, 0.25) is 0 Å². The predicted molar refractivity (Wildman–Crippen MR) is 75.9 cm³/mol. The summed E-state index contributed by atoms with van der Waals surface area (Å²) in [7, 11) is 0. The minimum Gasteiger partial charge on any atom is -0.374 e. The molecule has 1 aromatic heterocycles. The van der Waals surface area contributed by atoms with Crippen molar-refractivity contribution in [2.75, 3.05) is 13.2 Å².